The topological polar surface area (TPSA) is 135 Å². The van der Waals surface area contributed by atoms with Crippen LogP contribution in [-0.2, 0) is 24.8 Å². The van der Waals surface area contributed by atoms with Crippen LogP contribution >= 0.6 is 11.6 Å². The summed E-state index contributed by atoms with van der Waals surface area (Å²) in [6.07, 6.45) is 2.36. The molecule has 0 saturated carbocycles. The normalized spacial score (nSPS) is 14.3. The molecule has 2 heterocycles. The molecule has 10 nitrogen and oxygen atoms in total. The molecule has 1 aliphatic heterocycles. The molecule has 216 valence electrons. The molecule has 2 amide bonds. The maximum Gasteiger partial charge on any atom is 0.339 e. The molecule has 0 aliphatic carbocycles. The molecule has 1 saturated heterocycles. The third kappa shape index (κ3) is 5.77. The van der Waals surface area contributed by atoms with Gasteiger partial charge in [-0.15, -0.1) is 0 Å². The second kappa shape index (κ2) is 11.5. The predicted molar refractivity (Wildman–Crippen MR) is 157 cm³/mol. The number of hydrogen-bond acceptors (Lipinski definition) is 8. The first-order valence-corrected chi connectivity index (χ1v) is 15.0. The van der Waals surface area contributed by atoms with Crippen LogP contribution in [0.2, 0.25) is 5.15 Å². The van der Waals surface area contributed by atoms with Gasteiger partial charge in [0.15, 0.2) is 9.84 Å². The van der Waals surface area contributed by atoms with Gasteiger partial charge in [-0.25, -0.2) is 18.2 Å². The highest BCUT2D eigenvalue weighted by Gasteiger charge is 2.52. The van der Waals surface area contributed by atoms with Crippen LogP contribution in [0.15, 0.2) is 59.6 Å². The van der Waals surface area contributed by atoms with E-state index in [1.807, 2.05) is 43.0 Å². The lowest BCUT2D eigenvalue weighted by Gasteiger charge is -2.51. The van der Waals surface area contributed by atoms with Crippen molar-refractivity contribution < 1.29 is 27.5 Å². The van der Waals surface area contributed by atoms with Crippen LogP contribution in [0.5, 0.6) is 0 Å². The van der Waals surface area contributed by atoms with E-state index in [2.05, 4.69) is 15.6 Å². The lowest BCUT2D eigenvalue weighted by Crippen LogP contribution is -2.65. The summed E-state index contributed by atoms with van der Waals surface area (Å²) >= 11 is 6.02. The first kappa shape index (κ1) is 30.0. The molecular formula is C29H31ClN4O6S. The summed E-state index contributed by atoms with van der Waals surface area (Å²) in [7, 11) is -1.11. The Morgan fingerprint density at radius 2 is 1.76 bits per heavy atom. The Hall–Kier alpha value is -3.96. The Morgan fingerprint density at radius 3 is 2.37 bits per heavy atom. The van der Waals surface area contributed by atoms with Gasteiger partial charge in [-0.1, -0.05) is 49.7 Å². The van der Waals surface area contributed by atoms with Gasteiger partial charge in [0.2, 0.25) is 5.91 Å². The fraction of sp³-hybridized carbons (Fsp3) is 0.310. The van der Waals surface area contributed by atoms with E-state index in [1.54, 1.807) is 6.07 Å². The quantitative estimate of drug-likeness (QED) is 0.295. The summed E-state index contributed by atoms with van der Waals surface area (Å²) in [5, 5.41) is 5.54. The minimum Gasteiger partial charge on any atom is -0.465 e. The molecule has 2 aromatic carbocycles. The smallest absolute Gasteiger partial charge is 0.339 e. The average molecular weight is 599 g/mol. The third-order valence-electron chi connectivity index (χ3n) is 7.18. The number of halogens is 1. The number of nitrogens with one attached hydrogen (secondary N) is 2. The molecule has 0 unspecified atom stereocenters. The van der Waals surface area contributed by atoms with Gasteiger partial charge in [0.25, 0.3) is 5.91 Å². The number of carbonyl (C=O) groups is 3. The fourth-order valence-electron chi connectivity index (χ4n) is 5.05. The zero-order valence-electron chi connectivity index (χ0n) is 23.3. The number of sulfone groups is 1. The Kier molecular flexibility index (Phi) is 8.41. The van der Waals surface area contributed by atoms with Crippen molar-refractivity contribution in [1.82, 2.24) is 10.3 Å². The predicted octanol–water partition coefficient (Wildman–Crippen LogP) is 3.80. The highest BCUT2D eigenvalue weighted by molar-refractivity contribution is 7.90. The van der Waals surface area contributed by atoms with Crippen molar-refractivity contribution in [1.29, 1.82) is 0 Å². The van der Waals surface area contributed by atoms with Crippen molar-refractivity contribution in [2.24, 2.45) is 0 Å². The van der Waals surface area contributed by atoms with Crippen LogP contribution in [-0.4, -0.2) is 64.7 Å². The summed E-state index contributed by atoms with van der Waals surface area (Å²) in [6.45, 7) is 4.49. The molecule has 1 fully saturated rings. The number of hydrogen-bond donors (Lipinski definition) is 2. The van der Waals surface area contributed by atoms with Gasteiger partial charge < -0.3 is 20.3 Å². The molecular weight excluding hydrogens is 568 g/mol. The number of carbonyl (C=O) groups excluding carboxylic acids is 3. The zero-order chi connectivity index (χ0) is 30.1. The van der Waals surface area contributed by atoms with Gasteiger partial charge in [0, 0.05) is 32.1 Å². The van der Waals surface area contributed by atoms with Crippen LogP contribution < -0.4 is 15.5 Å². The number of methoxy groups -OCH3 is 1. The summed E-state index contributed by atoms with van der Waals surface area (Å²) in [6, 6.07) is 13.5. The summed E-state index contributed by atoms with van der Waals surface area (Å²) in [4.78, 5) is 44.6. The van der Waals surface area contributed by atoms with E-state index in [4.69, 9.17) is 16.3 Å². The number of anilines is 2. The van der Waals surface area contributed by atoms with Crippen molar-refractivity contribution in [3.05, 3.63) is 82.1 Å². The van der Waals surface area contributed by atoms with E-state index in [0.717, 1.165) is 17.4 Å². The molecule has 3 aromatic rings. The highest BCUT2D eigenvalue weighted by atomic mass is 35.5. The first-order chi connectivity index (χ1) is 19.3. The standard InChI is InChI=1S/C29H31ClN4O6S/c1-17(2)19-8-6-7-9-22(19)29(28(37)33-23-14-32-25(30)13-21(23)26(35)31-3)15-34(16-29)18-10-11-20(27(36)40-4)24(12-18)41(5,38)39/h6-14,17H,15-16H2,1-5H3,(H,31,35)(H,33,37). The Bertz CT molecular complexity index is 1630. The maximum atomic E-state index is 14.1. The van der Waals surface area contributed by atoms with Crippen LogP contribution in [0.3, 0.4) is 0 Å². The van der Waals surface area contributed by atoms with Gasteiger partial charge >= 0.3 is 5.97 Å². The first-order valence-electron chi connectivity index (χ1n) is 12.8. The van der Waals surface area contributed by atoms with Gasteiger partial charge in [0.05, 0.1) is 35.0 Å². The van der Waals surface area contributed by atoms with E-state index in [1.165, 1.54) is 38.6 Å². The number of aromatic nitrogens is 1. The number of pyridine rings is 1. The second-order valence-corrected chi connectivity index (χ2v) is 12.6. The minimum absolute atomic E-state index is 0.0644. The van der Waals surface area contributed by atoms with Gasteiger partial charge in [-0.05, 0) is 41.3 Å². The Morgan fingerprint density at radius 1 is 1.07 bits per heavy atom. The molecule has 0 radical (unpaired) electrons. The zero-order valence-corrected chi connectivity index (χ0v) is 24.9. The SMILES string of the molecule is CNC(=O)c1cc(Cl)ncc1NC(=O)C1(c2ccccc2C(C)C)CN(c2ccc(C(=O)OC)c(S(C)(=O)=O)c2)C1. The van der Waals surface area contributed by atoms with Gasteiger partial charge in [0.1, 0.15) is 10.6 Å². The number of amides is 2. The van der Waals surface area contributed by atoms with Crippen molar-refractivity contribution in [2.75, 3.05) is 43.7 Å². The summed E-state index contributed by atoms with van der Waals surface area (Å²) in [5.74, 6) is -1.44. The molecule has 4 rings (SSSR count). The molecule has 1 aliphatic rings. The summed E-state index contributed by atoms with van der Waals surface area (Å²) in [5.41, 5.74) is 1.60. The van der Waals surface area contributed by atoms with E-state index < -0.39 is 27.1 Å². The molecule has 12 heteroatoms. The van der Waals surface area contributed by atoms with Gasteiger partial charge in [-0.2, -0.15) is 0 Å². The highest BCUT2D eigenvalue weighted by Crippen LogP contribution is 2.42. The van der Waals surface area contributed by atoms with Crippen molar-refractivity contribution in [3.8, 4) is 0 Å². The van der Waals surface area contributed by atoms with Crippen LogP contribution in [0.25, 0.3) is 0 Å². The van der Waals surface area contributed by atoms with Crippen molar-refractivity contribution >= 4 is 50.6 Å². The summed E-state index contributed by atoms with van der Waals surface area (Å²) < 4.78 is 29.8. The van der Waals surface area contributed by atoms with Crippen LogP contribution in [0, 0.1) is 0 Å². The number of benzene rings is 2. The monoisotopic (exact) mass is 598 g/mol. The van der Waals surface area contributed by atoms with Gasteiger partial charge in [-0.3, -0.25) is 9.59 Å². The minimum atomic E-state index is -3.77. The molecule has 1 aromatic heterocycles. The van der Waals surface area contributed by atoms with E-state index in [9.17, 15) is 22.8 Å². The van der Waals surface area contributed by atoms with Crippen molar-refractivity contribution in [2.45, 2.75) is 30.1 Å². The Balaban J connectivity index is 1.77. The van der Waals surface area contributed by atoms with E-state index in [0.29, 0.717) is 5.69 Å². The molecule has 0 bridgehead atoms. The van der Waals surface area contributed by atoms with E-state index in [-0.39, 0.29) is 51.8 Å². The second-order valence-electron chi connectivity index (χ2n) is 10.2. The molecule has 0 spiro atoms. The van der Waals surface area contributed by atoms with Crippen LogP contribution in [0.4, 0.5) is 11.4 Å². The van der Waals surface area contributed by atoms with E-state index >= 15 is 0 Å². The number of rotatable bonds is 8. The maximum absolute atomic E-state index is 14.1. The number of esters is 1. The fourth-order valence-corrected chi connectivity index (χ4v) is 6.09. The van der Waals surface area contributed by atoms with Crippen LogP contribution in [0.1, 0.15) is 51.6 Å². The van der Waals surface area contributed by atoms with Crippen molar-refractivity contribution in [3.63, 3.8) is 0 Å². The lowest BCUT2D eigenvalue weighted by atomic mass is 9.69. The largest absolute Gasteiger partial charge is 0.465 e. The Labute approximate surface area is 244 Å². The third-order valence-corrected chi connectivity index (χ3v) is 8.52. The molecule has 41 heavy (non-hydrogen) atoms. The molecule has 2 N–H and O–H groups in total. The number of ether oxygens (including phenoxy) is 1. The average Bonchev–Trinajstić information content (AvgIpc) is 2.92. The number of nitrogens with zero attached hydrogens (tertiary/aromatic N) is 2. The lowest BCUT2D eigenvalue weighted by molar-refractivity contribution is -0.122. The molecule has 0 atom stereocenters.